The molecule has 11 heteroatoms. The molecule has 0 bridgehead atoms. The van der Waals surface area contributed by atoms with Crippen LogP contribution in [0.2, 0.25) is 0 Å². The Balaban J connectivity index is 1.50. The van der Waals surface area contributed by atoms with Gasteiger partial charge < -0.3 is 20.5 Å². The maximum absolute atomic E-state index is 14.0. The van der Waals surface area contributed by atoms with Gasteiger partial charge in [-0.2, -0.15) is 5.26 Å². The van der Waals surface area contributed by atoms with E-state index in [0.29, 0.717) is 47.7 Å². The molecule has 3 N–H and O–H groups in total. The predicted octanol–water partition coefficient (Wildman–Crippen LogP) is 3.59. The third kappa shape index (κ3) is 5.55. The number of fused-ring (bicyclic) bond motifs is 1. The summed E-state index contributed by atoms with van der Waals surface area (Å²) in [6.45, 7) is 3.94. The van der Waals surface area contributed by atoms with Gasteiger partial charge in [0.15, 0.2) is 11.5 Å². The van der Waals surface area contributed by atoms with Crippen molar-refractivity contribution in [1.82, 2.24) is 24.0 Å². The van der Waals surface area contributed by atoms with Crippen LogP contribution in [0.3, 0.4) is 0 Å². The molecule has 1 amide bonds. The highest BCUT2D eigenvalue weighted by Gasteiger charge is 2.31. The standard InChI is InChI=1S/C30H31N7O4/c1-30(2,18-38)15-20(16-31)28(39)35-14-6-7-22(17-35)37-27-25(26(32)33-19-34-27)36(29(37)40)21-10-12-24(13-11-21)41-23-8-4-3-5-9-23/h3-5,8-13,15,19,22,38H,6-7,14,17-18H2,1-2H3,(H2,32,33,34)/b20-15-/t22-/m0/s1. The highest BCUT2D eigenvalue weighted by molar-refractivity contribution is 5.97. The molecule has 2 aromatic carbocycles. The van der Waals surface area contributed by atoms with Crippen LogP contribution >= 0.6 is 0 Å². The summed E-state index contributed by atoms with van der Waals surface area (Å²) < 4.78 is 8.93. The molecule has 0 spiro atoms. The molecule has 1 saturated heterocycles. The number of nitrogens with two attached hydrogens (primary N) is 1. The van der Waals surface area contributed by atoms with Crippen LogP contribution in [0.5, 0.6) is 11.5 Å². The molecule has 0 saturated carbocycles. The second-order valence-electron chi connectivity index (χ2n) is 10.7. The highest BCUT2D eigenvalue weighted by atomic mass is 16.5. The number of likely N-dealkylation sites (tertiary alicyclic amines) is 1. The Labute approximate surface area is 236 Å². The maximum atomic E-state index is 14.0. The summed E-state index contributed by atoms with van der Waals surface area (Å²) in [6.07, 6.45) is 4.07. The van der Waals surface area contributed by atoms with E-state index in [-0.39, 0.29) is 30.2 Å². The molecule has 4 aromatic rings. The largest absolute Gasteiger partial charge is 0.457 e. The minimum absolute atomic E-state index is 0.0381. The van der Waals surface area contributed by atoms with Crippen LogP contribution in [0, 0.1) is 16.7 Å². The number of nitriles is 1. The van der Waals surface area contributed by atoms with Crippen molar-refractivity contribution >= 4 is 22.9 Å². The molecule has 11 nitrogen and oxygen atoms in total. The lowest BCUT2D eigenvalue weighted by atomic mass is 9.91. The molecule has 1 aliphatic heterocycles. The van der Waals surface area contributed by atoms with Crippen molar-refractivity contribution in [3.05, 3.63) is 83.1 Å². The van der Waals surface area contributed by atoms with E-state index in [0.717, 1.165) is 0 Å². The van der Waals surface area contributed by atoms with Gasteiger partial charge in [0.2, 0.25) is 0 Å². The number of aromatic nitrogens is 4. The van der Waals surface area contributed by atoms with Crippen molar-refractivity contribution in [2.24, 2.45) is 5.41 Å². The Bertz CT molecular complexity index is 1700. The average molecular weight is 554 g/mol. The first-order valence-electron chi connectivity index (χ1n) is 13.3. The number of nitrogen functional groups attached to an aromatic ring is 1. The first kappa shape index (κ1) is 27.6. The van der Waals surface area contributed by atoms with Gasteiger partial charge in [-0.3, -0.25) is 13.9 Å². The topological polar surface area (TPSA) is 152 Å². The van der Waals surface area contributed by atoms with Crippen LogP contribution in [-0.2, 0) is 4.79 Å². The van der Waals surface area contributed by atoms with Gasteiger partial charge in [0.05, 0.1) is 18.3 Å². The zero-order valence-electron chi connectivity index (χ0n) is 22.9. The number of carbonyl (C=O) groups is 1. The van der Waals surface area contributed by atoms with Crippen LogP contribution in [0.4, 0.5) is 5.82 Å². The lowest BCUT2D eigenvalue weighted by molar-refractivity contribution is -0.128. The van der Waals surface area contributed by atoms with E-state index in [9.17, 15) is 20.0 Å². The number of amides is 1. The van der Waals surface area contributed by atoms with E-state index in [1.165, 1.54) is 17.0 Å². The van der Waals surface area contributed by atoms with Gasteiger partial charge in [-0.15, -0.1) is 0 Å². The summed E-state index contributed by atoms with van der Waals surface area (Å²) in [7, 11) is 0. The number of benzene rings is 2. The number of aliphatic hydroxyl groups is 1. The molecule has 1 fully saturated rings. The normalized spacial score (nSPS) is 16.0. The Morgan fingerprint density at radius 2 is 1.88 bits per heavy atom. The summed E-state index contributed by atoms with van der Waals surface area (Å²) in [5.74, 6) is 1.02. The number of aliphatic hydroxyl groups excluding tert-OH is 1. The van der Waals surface area contributed by atoms with Crippen LogP contribution in [0.15, 0.2) is 77.4 Å². The number of anilines is 1. The minimum atomic E-state index is -0.726. The summed E-state index contributed by atoms with van der Waals surface area (Å²) in [5.41, 5.74) is 6.44. The van der Waals surface area contributed by atoms with Crippen molar-refractivity contribution in [2.75, 3.05) is 25.4 Å². The predicted molar refractivity (Wildman–Crippen MR) is 153 cm³/mol. The zero-order valence-corrected chi connectivity index (χ0v) is 22.9. The molecule has 5 rings (SSSR count). The first-order valence-corrected chi connectivity index (χ1v) is 13.3. The molecular formula is C30H31N7O4. The quantitative estimate of drug-likeness (QED) is 0.260. The van der Waals surface area contributed by atoms with Crippen molar-refractivity contribution in [2.45, 2.75) is 32.7 Å². The number of carbonyl (C=O) groups excluding carboxylic acids is 1. The molecule has 1 atom stereocenters. The third-order valence-corrected chi connectivity index (χ3v) is 7.10. The molecule has 1 aliphatic rings. The van der Waals surface area contributed by atoms with Crippen LogP contribution in [0.1, 0.15) is 32.7 Å². The van der Waals surface area contributed by atoms with Crippen LogP contribution in [-0.4, -0.2) is 54.7 Å². The van der Waals surface area contributed by atoms with Crippen molar-refractivity contribution in [1.29, 1.82) is 5.26 Å². The van der Waals surface area contributed by atoms with Gasteiger partial charge in [-0.25, -0.2) is 14.8 Å². The third-order valence-electron chi connectivity index (χ3n) is 7.10. The Morgan fingerprint density at radius 3 is 2.56 bits per heavy atom. The van der Waals surface area contributed by atoms with Gasteiger partial charge in [0.25, 0.3) is 5.91 Å². The van der Waals surface area contributed by atoms with Crippen LogP contribution in [0.25, 0.3) is 16.9 Å². The lowest BCUT2D eigenvalue weighted by Crippen LogP contribution is -2.43. The molecule has 0 unspecified atom stereocenters. The molecule has 41 heavy (non-hydrogen) atoms. The number of piperidine rings is 1. The van der Waals surface area contributed by atoms with Gasteiger partial charge in [-0.05, 0) is 49.2 Å². The minimum Gasteiger partial charge on any atom is -0.457 e. The number of para-hydroxylation sites is 1. The lowest BCUT2D eigenvalue weighted by Gasteiger charge is -2.33. The van der Waals surface area contributed by atoms with E-state index in [1.807, 2.05) is 36.4 Å². The second-order valence-corrected chi connectivity index (χ2v) is 10.7. The van der Waals surface area contributed by atoms with Gasteiger partial charge in [0.1, 0.15) is 35.0 Å². The molecule has 0 radical (unpaired) electrons. The number of imidazole rings is 1. The highest BCUT2D eigenvalue weighted by Crippen LogP contribution is 2.29. The first-order chi connectivity index (χ1) is 19.7. The van der Waals surface area contributed by atoms with Gasteiger partial charge in [-0.1, -0.05) is 38.1 Å². The Hall–Kier alpha value is -4.95. The number of hydrogen-bond donors (Lipinski definition) is 2. The maximum Gasteiger partial charge on any atom is 0.335 e. The van der Waals surface area contributed by atoms with E-state index in [1.54, 1.807) is 47.6 Å². The van der Waals surface area contributed by atoms with E-state index >= 15 is 0 Å². The van der Waals surface area contributed by atoms with Crippen molar-refractivity contribution < 1.29 is 14.6 Å². The summed E-state index contributed by atoms with van der Waals surface area (Å²) in [5, 5.41) is 19.3. The smallest absolute Gasteiger partial charge is 0.335 e. The summed E-state index contributed by atoms with van der Waals surface area (Å²) >= 11 is 0. The zero-order chi connectivity index (χ0) is 29.1. The summed E-state index contributed by atoms with van der Waals surface area (Å²) in [6, 6.07) is 18.0. The fourth-order valence-corrected chi connectivity index (χ4v) is 5.02. The fraction of sp³-hybridized carbons (Fsp3) is 0.300. The number of hydrogen-bond acceptors (Lipinski definition) is 8. The Kier molecular flexibility index (Phi) is 7.59. The van der Waals surface area contributed by atoms with Crippen molar-refractivity contribution in [3.63, 3.8) is 0 Å². The molecule has 3 heterocycles. The van der Waals surface area contributed by atoms with Gasteiger partial charge in [0, 0.05) is 18.5 Å². The average Bonchev–Trinajstić information content (AvgIpc) is 3.29. The molecule has 2 aromatic heterocycles. The molecular weight excluding hydrogens is 522 g/mol. The van der Waals surface area contributed by atoms with E-state index < -0.39 is 17.4 Å². The number of nitrogens with zero attached hydrogens (tertiary/aromatic N) is 6. The molecule has 210 valence electrons. The van der Waals surface area contributed by atoms with E-state index in [4.69, 9.17) is 10.5 Å². The number of rotatable bonds is 7. The number of ether oxygens (including phenoxy) is 1. The SMILES string of the molecule is CC(C)(/C=C(/C#N)C(=O)N1CCC[C@H](n2c(=O)n(-c3ccc(Oc4ccccc4)cc3)c3c(N)ncnc32)C1)CO. The van der Waals surface area contributed by atoms with Gasteiger partial charge >= 0.3 is 5.69 Å². The Morgan fingerprint density at radius 1 is 1.17 bits per heavy atom. The van der Waals surface area contributed by atoms with Crippen molar-refractivity contribution in [3.8, 4) is 23.3 Å². The molecule has 0 aliphatic carbocycles. The van der Waals surface area contributed by atoms with E-state index in [2.05, 4.69) is 9.97 Å². The summed E-state index contributed by atoms with van der Waals surface area (Å²) in [4.78, 5) is 37.4. The fourth-order valence-electron chi connectivity index (χ4n) is 5.02. The van der Waals surface area contributed by atoms with Crippen LogP contribution < -0.4 is 16.2 Å². The second kappa shape index (κ2) is 11.3. The monoisotopic (exact) mass is 553 g/mol.